The number of amides is 1. The molecule has 0 atom stereocenters. The number of halogens is 2. The Morgan fingerprint density at radius 1 is 1.27 bits per heavy atom. The minimum absolute atomic E-state index is 0.0520. The van der Waals surface area contributed by atoms with Gasteiger partial charge in [-0.2, -0.15) is 0 Å². The van der Waals surface area contributed by atoms with Crippen molar-refractivity contribution in [1.82, 2.24) is 9.55 Å². The molecular weight excluding hydrogens is 461 g/mol. The number of benzene rings is 1. The van der Waals surface area contributed by atoms with E-state index in [4.69, 9.17) is 28.2 Å². The Kier molecular flexibility index (Phi) is 6.53. The summed E-state index contributed by atoms with van der Waals surface area (Å²) in [7, 11) is 0. The van der Waals surface area contributed by atoms with Crippen molar-refractivity contribution in [2.75, 3.05) is 11.1 Å². The van der Waals surface area contributed by atoms with E-state index in [0.29, 0.717) is 27.4 Å². The van der Waals surface area contributed by atoms with Crippen LogP contribution in [0.3, 0.4) is 0 Å². The summed E-state index contributed by atoms with van der Waals surface area (Å²) in [5, 5.41) is 4.92. The van der Waals surface area contributed by atoms with Crippen molar-refractivity contribution in [3.05, 3.63) is 61.7 Å². The van der Waals surface area contributed by atoms with Gasteiger partial charge >= 0.3 is 0 Å². The van der Waals surface area contributed by atoms with Crippen LogP contribution in [0.2, 0.25) is 10.0 Å². The van der Waals surface area contributed by atoms with Crippen LogP contribution in [0, 0.1) is 0 Å². The lowest BCUT2D eigenvalue weighted by atomic mass is 9.97. The van der Waals surface area contributed by atoms with E-state index in [0.717, 1.165) is 41.5 Å². The Labute approximate surface area is 192 Å². The Morgan fingerprint density at radius 2 is 2.00 bits per heavy atom. The van der Waals surface area contributed by atoms with Gasteiger partial charge < -0.3 is 5.32 Å². The molecule has 2 heterocycles. The number of rotatable bonds is 6. The van der Waals surface area contributed by atoms with Gasteiger partial charge in [0.05, 0.1) is 11.1 Å². The van der Waals surface area contributed by atoms with Gasteiger partial charge in [0.2, 0.25) is 5.91 Å². The third-order valence-corrected chi connectivity index (χ3v) is 7.43. The summed E-state index contributed by atoms with van der Waals surface area (Å²) in [5.41, 5.74) is 1.63. The number of aryl methyl sites for hydroxylation is 2. The Morgan fingerprint density at radius 3 is 2.73 bits per heavy atom. The Balaban J connectivity index is 1.60. The van der Waals surface area contributed by atoms with Crippen molar-refractivity contribution in [3.63, 3.8) is 0 Å². The van der Waals surface area contributed by atoms with Gasteiger partial charge in [-0.15, -0.1) is 17.9 Å². The van der Waals surface area contributed by atoms with Crippen molar-refractivity contribution < 1.29 is 4.79 Å². The summed E-state index contributed by atoms with van der Waals surface area (Å²) in [6, 6.07) is 4.86. The molecule has 3 aromatic rings. The van der Waals surface area contributed by atoms with Gasteiger partial charge in [-0.25, -0.2) is 4.98 Å². The van der Waals surface area contributed by atoms with Gasteiger partial charge in [0.15, 0.2) is 5.16 Å². The summed E-state index contributed by atoms with van der Waals surface area (Å²) in [6.45, 7) is 4.11. The lowest BCUT2D eigenvalue weighted by molar-refractivity contribution is -0.113. The zero-order valence-corrected chi connectivity index (χ0v) is 19.2. The molecule has 156 valence electrons. The van der Waals surface area contributed by atoms with Crippen molar-refractivity contribution in [1.29, 1.82) is 0 Å². The second-order valence-corrected chi connectivity index (χ2v) is 9.88. The summed E-state index contributed by atoms with van der Waals surface area (Å²) in [6.07, 6.45) is 5.85. The number of anilines is 1. The molecule has 30 heavy (non-hydrogen) atoms. The predicted molar refractivity (Wildman–Crippen MR) is 127 cm³/mol. The number of aromatic nitrogens is 2. The Bertz CT molecular complexity index is 1180. The summed E-state index contributed by atoms with van der Waals surface area (Å²) >= 11 is 14.8. The first kappa shape index (κ1) is 21.4. The lowest BCUT2D eigenvalue weighted by Gasteiger charge is -2.12. The minimum atomic E-state index is -0.233. The molecule has 0 unspecified atom stereocenters. The highest BCUT2D eigenvalue weighted by molar-refractivity contribution is 7.99. The number of carbonyl (C=O) groups is 1. The fourth-order valence-corrected chi connectivity index (χ4v) is 6.21. The second kappa shape index (κ2) is 9.14. The third-order valence-electron chi connectivity index (χ3n) is 4.83. The molecule has 0 saturated carbocycles. The van der Waals surface area contributed by atoms with Crippen LogP contribution in [-0.2, 0) is 24.2 Å². The molecule has 0 bridgehead atoms. The first-order valence-electron chi connectivity index (χ1n) is 9.51. The van der Waals surface area contributed by atoms with Crippen LogP contribution in [0.15, 0.2) is 40.8 Å². The summed E-state index contributed by atoms with van der Waals surface area (Å²) < 4.78 is 1.60. The minimum Gasteiger partial charge on any atom is -0.325 e. The van der Waals surface area contributed by atoms with Crippen molar-refractivity contribution in [2.45, 2.75) is 37.4 Å². The molecule has 5 nitrogen and oxygen atoms in total. The quantitative estimate of drug-likeness (QED) is 0.285. The monoisotopic (exact) mass is 479 g/mol. The number of hydrogen-bond acceptors (Lipinski definition) is 5. The first-order chi connectivity index (χ1) is 14.5. The smallest absolute Gasteiger partial charge is 0.263 e. The molecule has 1 aromatic carbocycles. The SMILES string of the molecule is C=CCn1c(SCC(=O)Nc2cc(Cl)cc(Cl)c2)nc2sc3c(c2c1=O)CCCC3. The van der Waals surface area contributed by atoms with Crippen LogP contribution in [0.1, 0.15) is 23.3 Å². The van der Waals surface area contributed by atoms with Crippen LogP contribution in [0.25, 0.3) is 10.2 Å². The van der Waals surface area contributed by atoms with Gasteiger partial charge in [0.1, 0.15) is 4.83 Å². The van der Waals surface area contributed by atoms with Crippen LogP contribution in [0.4, 0.5) is 5.69 Å². The van der Waals surface area contributed by atoms with Gasteiger partial charge in [-0.1, -0.05) is 41.0 Å². The number of hydrogen-bond donors (Lipinski definition) is 1. The maximum Gasteiger partial charge on any atom is 0.263 e. The van der Waals surface area contributed by atoms with Crippen molar-refractivity contribution in [3.8, 4) is 0 Å². The summed E-state index contributed by atoms with van der Waals surface area (Å²) in [5.74, 6) is -0.132. The molecule has 0 radical (unpaired) electrons. The van der Waals surface area contributed by atoms with Crippen LogP contribution in [-0.4, -0.2) is 21.2 Å². The average molecular weight is 480 g/mol. The molecule has 4 rings (SSSR count). The second-order valence-electron chi connectivity index (χ2n) is 6.98. The lowest BCUT2D eigenvalue weighted by Crippen LogP contribution is -2.24. The highest BCUT2D eigenvalue weighted by Gasteiger charge is 2.22. The molecule has 0 spiro atoms. The number of thiophene rings is 1. The zero-order chi connectivity index (χ0) is 21.3. The van der Waals surface area contributed by atoms with Crippen LogP contribution < -0.4 is 10.9 Å². The number of nitrogens with one attached hydrogen (secondary N) is 1. The standard InChI is InChI=1S/C21H19Cl2N3O2S2/c1-2-7-26-20(28)18-15-5-3-4-6-16(15)30-19(18)25-21(26)29-11-17(27)24-14-9-12(22)8-13(23)10-14/h2,8-10H,1,3-7,11H2,(H,24,27). The van der Waals surface area contributed by atoms with Gasteiger partial charge in [-0.3, -0.25) is 14.2 Å². The highest BCUT2D eigenvalue weighted by Crippen LogP contribution is 2.34. The van der Waals surface area contributed by atoms with Crippen molar-refractivity contribution >= 4 is 68.1 Å². The van der Waals surface area contributed by atoms with Gasteiger partial charge in [-0.05, 0) is 49.4 Å². The van der Waals surface area contributed by atoms with Crippen LogP contribution in [0.5, 0.6) is 0 Å². The normalized spacial score (nSPS) is 13.3. The largest absolute Gasteiger partial charge is 0.325 e. The molecule has 0 fully saturated rings. The fourth-order valence-electron chi connectivity index (χ4n) is 3.57. The molecule has 9 heteroatoms. The van der Waals surface area contributed by atoms with Gasteiger partial charge in [0, 0.05) is 27.2 Å². The van der Waals surface area contributed by atoms with E-state index in [-0.39, 0.29) is 17.2 Å². The maximum absolute atomic E-state index is 13.2. The van der Waals surface area contributed by atoms with E-state index in [2.05, 4.69) is 11.9 Å². The van der Waals surface area contributed by atoms with E-state index < -0.39 is 0 Å². The van der Waals surface area contributed by atoms with E-state index >= 15 is 0 Å². The number of nitrogens with zero attached hydrogens (tertiary/aromatic N) is 2. The predicted octanol–water partition coefficient (Wildman–Crippen LogP) is 5.56. The number of allylic oxidation sites excluding steroid dienone is 1. The molecule has 1 aliphatic rings. The number of thioether (sulfide) groups is 1. The topological polar surface area (TPSA) is 64.0 Å². The van der Waals surface area contributed by atoms with E-state index in [1.165, 1.54) is 16.6 Å². The number of carbonyl (C=O) groups excluding carboxylic acids is 1. The van der Waals surface area contributed by atoms with E-state index in [1.54, 1.807) is 40.2 Å². The highest BCUT2D eigenvalue weighted by atomic mass is 35.5. The van der Waals surface area contributed by atoms with Crippen molar-refractivity contribution in [2.24, 2.45) is 0 Å². The maximum atomic E-state index is 13.2. The van der Waals surface area contributed by atoms with E-state index in [9.17, 15) is 9.59 Å². The fraction of sp³-hybridized carbons (Fsp3) is 0.286. The first-order valence-corrected chi connectivity index (χ1v) is 12.1. The average Bonchev–Trinajstić information content (AvgIpc) is 3.06. The zero-order valence-electron chi connectivity index (χ0n) is 16.0. The molecule has 1 aliphatic carbocycles. The van der Waals surface area contributed by atoms with Crippen LogP contribution >= 0.6 is 46.3 Å². The number of fused-ring (bicyclic) bond motifs is 3. The van der Waals surface area contributed by atoms with Gasteiger partial charge in [0.25, 0.3) is 5.56 Å². The molecule has 0 saturated heterocycles. The van der Waals surface area contributed by atoms with E-state index in [1.807, 2.05) is 0 Å². The molecule has 0 aliphatic heterocycles. The summed E-state index contributed by atoms with van der Waals surface area (Å²) in [4.78, 5) is 32.4. The molecular formula is C21H19Cl2N3O2S2. The molecule has 1 amide bonds. The Hall–Kier alpha value is -1.80. The molecule has 1 N–H and O–H groups in total. The molecule has 2 aromatic heterocycles. The third kappa shape index (κ3) is 4.44.